The fraction of sp³-hybridized carbons (Fsp3) is 0.364. The molecule has 1 heterocycles. The summed E-state index contributed by atoms with van der Waals surface area (Å²) in [5, 5.41) is 0.408. The van der Waals surface area contributed by atoms with Gasteiger partial charge in [0.1, 0.15) is 0 Å². The highest BCUT2D eigenvalue weighted by molar-refractivity contribution is 8.11. The number of hydrogen-bond acceptors (Lipinski definition) is 3. The summed E-state index contributed by atoms with van der Waals surface area (Å²) in [6, 6.07) is 6.43. The molecule has 1 aromatic rings. The van der Waals surface area contributed by atoms with E-state index < -0.39 is 0 Å². The van der Waals surface area contributed by atoms with Gasteiger partial charge in [-0.2, -0.15) is 0 Å². The highest BCUT2D eigenvalue weighted by Crippen LogP contribution is 2.45. The van der Waals surface area contributed by atoms with Crippen LogP contribution in [0.15, 0.2) is 23.1 Å². The summed E-state index contributed by atoms with van der Waals surface area (Å²) in [6.07, 6.45) is 0.855. The Balaban J connectivity index is 2.29. The molecule has 0 spiro atoms. The molecule has 1 aliphatic heterocycles. The van der Waals surface area contributed by atoms with Crippen molar-refractivity contribution in [3.05, 3.63) is 23.8 Å². The summed E-state index contributed by atoms with van der Waals surface area (Å²) >= 11 is 11.1. The minimum absolute atomic E-state index is 0.408. The number of anilines is 1. The number of aryl methyl sites for hydroxylation is 1. The van der Waals surface area contributed by atoms with Gasteiger partial charge in [0.15, 0.2) is 0 Å². The Morgan fingerprint density at radius 3 is 2.93 bits per heavy atom. The summed E-state index contributed by atoms with van der Waals surface area (Å²) in [4.78, 5) is 3.66. The predicted octanol–water partition coefficient (Wildman–Crippen LogP) is 3.51. The number of nitrogens with zero attached hydrogens (tertiary/aromatic N) is 1. The van der Waals surface area contributed by atoms with E-state index in [9.17, 15) is 0 Å². The maximum absolute atomic E-state index is 5.05. The smallest absolute Gasteiger partial charge is 0.0848 e. The summed E-state index contributed by atoms with van der Waals surface area (Å²) in [7, 11) is 2.13. The van der Waals surface area contributed by atoms with Crippen molar-refractivity contribution in [1.29, 1.82) is 0 Å². The summed E-state index contributed by atoms with van der Waals surface area (Å²) in [6.45, 7) is 2.15. The van der Waals surface area contributed by atoms with Gasteiger partial charge in [0.05, 0.1) is 11.1 Å². The van der Waals surface area contributed by atoms with Crippen LogP contribution in [0.25, 0.3) is 0 Å². The molecular weight excluding hydrogens is 242 g/mol. The Kier molecular flexibility index (Phi) is 3.28. The Labute approximate surface area is 106 Å². The third kappa shape index (κ3) is 2.17. The second-order valence-electron chi connectivity index (χ2n) is 3.70. The molecule has 1 atom stereocenters. The molecule has 0 amide bonds. The minimum atomic E-state index is 0.408. The lowest BCUT2D eigenvalue weighted by molar-refractivity contribution is 0.880. The Morgan fingerprint density at radius 2 is 2.33 bits per heavy atom. The topological polar surface area (TPSA) is 3.24 Å². The van der Waals surface area contributed by atoms with E-state index in [-0.39, 0.29) is 0 Å². The molecular formula is C11H13NS3. The quantitative estimate of drug-likeness (QED) is 0.637. The first kappa shape index (κ1) is 11.3. The molecule has 0 radical (unpaired) electrons. The first-order valence-corrected chi connectivity index (χ1v) is 6.54. The van der Waals surface area contributed by atoms with Gasteiger partial charge in [-0.25, -0.2) is 0 Å². The predicted molar refractivity (Wildman–Crippen MR) is 75.4 cm³/mol. The maximum Gasteiger partial charge on any atom is 0.0848 e. The van der Waals surface area contributed by atoms with Crippen LogP contribution >= 0.6 is 36.6 Å². The van der Waals surface area contributed by atoms with E-state index in [1.807, 2.05) is 11.8 Å². The second-order valence-corrected chi connectivity index (χ2v) is 6.26. The van der Waals surface area contributed by atoms with Crippen molar-refractivity contribution in [2.24, 2.45) is 0 Å². The van der Waals surface area contributed by atoms with E-state index in [0.29, 0.717) is 5.37 Å². The van der Waals surface area contributed by atoms with Gasteiger partial charge in [-0.1, -0.05) is 36.1 Å². The fourth-order valence-electron chi connectivity index (χ4n) is 1.88. The van der Waals surface area contributed by atoms with Crippen molar-refractivity contribution in [2.75, 3.05) is 11.9 Å². The average molecular weight is 255 g/mol. The van der Waals surface area contributed by atoms with Crippen molar-refractivity contribution < 1.29 is 0 Å². The zero-order valence-corrected chi connectivity index (χ0v) is 11.3. The van der Waals surface area contributed by atoms with Gasteiger partial charge < -0.3 is 4.90 Å². The van der Waals surface area contributed by atoms with Gasteiger partial charge in [0.2, 0.25) is 0 Å². The van der Waals surface area contributed by atoms with E-state index in [1.54, 1.807) is 0 Å². The van der Waals surface area contributed by atoms with Crippen molar-refractivity contribution >= 4 is 46.5 Å². The van der Waals surface area contributed by atoms with Gasteiger partial charge in [0.25, 0.3) is 0 Å². The molecule has 0 aliphatic carbocycles. The third-order valence-electron chi connectivity index (χ3n) is 2.60. The highest BCUT2D eigenvalue weighted by atomic mass is 32.2. The van der Waals surface area contributed by atoms with Gasteiger partial charge in [-0.15, -0.1) is 12.6 Å². The normalized spacial score (nSPS) is 19.1. The van der Waals surface area contributed by atoms with E-state index in [0.717, 1.165) is 10.6 Å². The van der Waals surface area contributed by atoms with Crippen LogP contribution < -0.4 is 4.90 Å². The molecule has 0 saturated heterocycles. The molecule has 0 fully saturated rings. The van der Waals surface area contributed by atoms with E-state index in [1.165, 1.54) is 16.1 Å². The molecule has 15 heavy (non-hydrogen) atoms. The summed E-state index contributed by atoms with van der Waals surface area (Å²) < 4.78 is 0.782. The number of thiocarbonyl (C=S) groups is 1. The zero-order chi connectivity index (χ0) is 11.0. The molecule has 0 bridgehead atoms. The van der Waals surface area contributed by atoms with Gasteiger partial charge in [-0.3, -0.25) is 0 Å². The number of thioether (sulfide) groups is 1. The van der Waals surface area contributed by atoms with E-state index in [4.69, 9.17) is 12.2 Å². The lowest BCUT2D eigenvalue weighted by atomic mass is 10.2. The van der Waals surface area contributed by atoms with Gasteiger partial charge in [-0.05, 0) is 18.6 Å². The maximum atomic E-state index is 5.05. The number of rotatable bonds is 2. The monoisotopic (exact) mass is 255 g/mol. The van der Waals surface area contributed by atoms with Crippen LogP contribution in [0.4, 0.5) is 5.69 Å². The van der Waals surface area contributed by atoms with Gasteiger partial charge >= 0.3 is 0 Å². The molecule has 0 N–H and O–H groups in total. The van der Waals surface area contributed by atoms with Crippen LogP contribution in [0, 0.1) is 6.92 Å². The fourth-order valence-corrected chi connectivity index (χ4v) is 3.82. The lowest BCUT2D eigenvalue weighted by Gasteiger charge is -2.21. The summed E-state index contributed by atoms with van der Waals surface area (Å²) in [5.41, 5.74) is 2.67. The summed E-state index contributed by atoms with van der Waals surface area (Å²) in [5.74, 6) is 0. The van der Waals surface area contributed by atoms with Gasteiger partial charge in [0, 0.05) is 22.6 Å². The molecule has 1 unspecified atom stereocenters. The first-order chi connectivity index (χ1) is 7.09. The zero-order valence-electron chi connectivity index (χ0n) is 8.73. The number of fused-ring (bicyclic) bond motifs is 1. The van der Waals surface area contributed by atoms with Crippen LogP contribution in [0.2, 0.25) is 0 Å². The second kappa shape index (κ2) is 4.36. The number of hydrogen-bond donors (Lipinski definition) is 1. The largest absolute Gasteiger partial charge is 0.361 e. The van der Waals surface area contributed by atoms with Crippen LogP contribution in [0.1, 0.15) is 12.0 Å². The van der Waals surface area contributed by atoms with E-state index in [2.05, 4.69) is 49.7 Å². The Morgan fingerprint density at radius 1 is 1.60 bits per heavy atom. The average Bonchev–Trinajstić information content (AvgIpc) is 2.44. The minimum Gasteiger partial charge on any atom is -0.361 e. The molecule has 0 aromatic heterocycles. The molecule has 1 nitrogen and oxygen atoms in total. The molecule has 1 aliphatic rings. The molecule has 80 valence electrons. The number of thiol groups is 1. The number of benzene rings is 1. The molecule has 4 heteroatoms. The van der Waals surface area contributed by atoms with Crippen molar-refractivity contribution in [2.45, 2.75) is 23.6 Å². The highest BCUT2D eigenvalue weighted by Gasteiger charge is 2.28. The Hall–Kier alpha value is -0.190. The molecule has 1 aromatic carbocycles. The molecule has 0 saturated carbocycles. The number of para-hydroxylation sites is 1. The van der Waals surface area contributed by atoms with Crippen molar-refractivity contribution in [3.63, 3.8) is 0 Å². The first-order valence-electron chi connectivity index (χ1n) is 4.80. The molecule has 2 rings (SSSR count). The van der Waals surface area contributed by atoms with Crippen molar-refractivity contribution in [3.8, 4) is 0 Å². The third-order valence-corrected chi connectivity index (χ3v) is 4.29. The van der Waals surface area contributed by atoms with Crippen LogP contribution in [0.5, 0.6) is 0 Å². The SMILES string of the molecule is Cc1cccc2c1N(C)C(CC(=S)S)S2. The van der Waals surface area contributed by atoms with Crippen LogP contribution in [0.3, 0.4) is 0 Å². The van der Waals surface area contributed by atoms with Crippen LogP contribution in [-0.4, -0.2) is 16.6 Å². The lowest BCUT2D eigenvalue weighted by Crippen LogP contribution is -2.26. The standard InChI is InChI=1S/C11H13NS3/c1-7-4-3-5-8-11(7)12(2)9(15-8)6-10(13)14/h3-5,9H,6H2,1-2H3,(H,13,14). The van der Waals surface area contributed by atoms with Crippen LogP contribution in [-0.2, 0) is 0 Å². The Bertz CT molecular complexity index is 403. The van der Waals surface area contributed by atoms with E-state index >= 15 is 0 Å². The van der Waals surface area contributed by atoms with Crippen molar-refractivity contribution in [1.82, 2.24) is 0 Å².